The van der Waals surface area contributed by atoms with Gasteiger partial charge in [-0.1, -0.05) is 39.0 Å². The molecule has 1 aliphatic carbocycles. The molecule has 1 heterocycles. The summed E-state index contributed by atoms with van der Waals surface area (Å²) in [4.78, 5) is 12.6. The maximum atomic E-state index is 12.6. The van der Waals surface area contributed by atoms with Gasteiger partial charge in [-0.05, 0) is 51.1 Å². The van der Waals surface area contributed by atoms with Crippen LogP contribution in [0.15, 0.2) is 0 Å². The van der Waals surface area contributed by atoms with Crippen LogP contribution in [0.3, 0.4) is 0 Å². The lowest BCUT2D eigenvalue weighted by atomic mass is 9.74. The van der Waals surface area contributed by atoms with Gasteiger partial charge in [-0.3, -0.25) is 4.79 Å². The van der Waals surface area contributed by atoms with Gasteiger partial charge in [0.25, 0.3) is 0 Å². The first-order valence-corrected chi connectivity index (χ1v) is 8.76. The number of piperidine rings is 1. The fraction of sp³-hybridized carbons (Fsp3) is 0.941. The molecule has 20 heavy (non-hydrogen) atoms. The third kappa shape index (κ3) is 4.21. The minimum atomic E-state index is -0.0760. The molecule has 0 spiro atoms. The molecular weight excluding hydrogens is 248 g/mol. The molecule has 3 nitrogen and oxygen atoms in total. The molecular formula is C17H32N2O. The van der Waals surface area contributed by atoms with Gasteiger partial charge in [-0.25, -0.2) is 0 Å². The maximum absolute atomic E-state index is 12.6. The third-order valence-electron chi connectivity index (χ3n) is 5.32. The van der Waals surface area contributed by atoms with Crippen molar-refractivity contribution in [2.75, 3.05) is 19.6 Å². The molecule has 1 aliphatic heterocycles. The summed E-state index contributed by atoms with van der Waals surface area (Å²) < 4.78 is 0. The second-order valence-corrected chi connectivity index (χ2v) is 6.83. The first-order chi connectivity index (χ1) is 9.77. The predicted molar refractivity (Wildman–Crippen MR) is 83.6 cm³/mol. The number of hydrogen-bond donors (Lipinski definition) is 2. The maximum Gasteiger partial charge on any atom is 0.226 e. The van der Waals surface area contributed by atoms with Crippen LogP contribution < -0.4 is 10.6 Å². The fourth-order valence-corrected chi connectivity index (χ4v) is 4.05. The molecule has 0 radical (unpaired) electrons. The normalized spacial score (nSPS) is 22.9. The van der Waals surface area contributed by atoms with Gasteiger partial charge in [0.1, 0.15) is 0 Å². The van der Waals surface area contributed by atoms with Crippen molar-refractivity contribution in [1.82, 2.24) is 10.6 Å². The van der Waals surface area contributed by atoms with E-state index < -0.39 is 0 Å². The Morgan fingerprint density at radius 1 is 1.25 bits per heavy atom. The van der Waals surface area contributed by atoms with Crippen LogP contribution in [0, 0.1) is 11.3 Å². The molecule has 2 fully saturated rings. The largest absolute Gasteiger partial charge is 0.356 e. The number of rotatable bonds is 7. The molecule has 0 atom stereocenters. The zero-order valence-corrected chi connectivity index (χ0v) is 13.2. The fourth-order valence-electron chi connectivity index (χ4n) is 4.05. The van der Waals surface area contributed by atoms with E-state index >= 15 is 0 Å². The quantitative estimate of drug-likeness (QED) is 0.703. The van der Waals surface area contributed by atoms with Crippen LogP contribution in [0.2, 0.25) is 0 Å². The lowest BCUT2D eigenvalue weighted by molar-refractivity contribution is -0.133. The summed E-state index contributed by atoms with van der Waals surface area (Å²) >= 11 is 0. The first kappa shape index (κ1) is 15.8. The van der Waals surface area contributed by atoms with Crippen LogP contribution in [0.1, 0.15) is 71.1 Å². The zero-order chi connectivity index (χ0) is 14.3. The molecule has 1 amide bonds. The number of carbonyl (C=O) groups is 1. The minimum Gasteiger partial charge on any atom is -0.356 e. The third-order valence-corrected chi connectivity index (χ3v) is 5.32. The summed E-state index contributed by atoms with van der Waals surface area (Å²) in [6.45, 7) is 5.07. The van der Waals surface area contributed by atoms with Gasteiger partial charge < -0.3 is 10.6 Å². The molecule has 0 bridgehead atoms. The van der Waals surface area contributed by atoms with E-state index in [2.05, 4.69) is 17.6 Å². The standard InChI is InChI=1S/C17H32N2O/c1-2-9-17(10-13-18-14-11-17)16(20)19-12-5-8-15-6-3-4-7-15/h15,18H,2-14H2,1H3,(H,19,20). The van der Waals surface area contributed by atoms with Crippen LogP contribution in [0.4, 0.5) is 0 Å². The van der Waals surface area contributed by atoms with E-state index in [9.17, 15) is 4.79 Å². The van der Waals surface area contributed by atoms with Gasteiger partial charge >= 0.3 is 0 Å². The highest BCUT2D eigenvalue weighted by Crippen LogP contribution is 2.34. The van der Waals surface area contributed by atoms with Crippen molar-refractivity contribution in [2.45, 2.75) is 71.1 Å². The van der Waals surface area contributed by atoms with Gasteiger partial charge in [-0.15, -0.1) is 0 Å². The lowest BCUT2D eigenvalue weighted by Gasteiger charge is -2.36. The molecule has 1 saturated carbocycles. The van der Waals surface area contributed by atoms with Crippen molar-refractivity contribution in [2.24, 2.45) is 11.3 Å². The Bertz CT molecular complexity index is 286. The van der Waals surface area contributed by atoms with Gasteiger partial charge in [0.05, 0.1) is 5.41 Å². The summed E-state index contributed by atoms with van der Waals surface area (Å²) in [5, 5.41) is 6.61. The summed E-state index contributed by atoms with van der Waals surface area (Å²) in [6.07, 6.45) is 12.3. The van der Waals surface area contributed by atoms with E-state index in [0.717, 1.165) is 57.7 Å². The SMILES string of the molecule is CCCC1(C(=O)NCCCC2CCCC2)CCNCC1. The Kier molecular flexibility index (Phi) is 6.34. The second-order valence-electron chi connectivity index (χ2n) is 6.83. The van der Waals surface area contributed by atoms with E-state index in [1.165, 1.54) is 32.1 Å². The average molecular weight is 280 g/mol. The Balaban J connectivity index is 1.70. The monoisotopic (exact) mass is 280 g/mol. The smallest absolute Gasteiger partial charge is 0.226 e. The van der Waals surface area contributed by atoms with E-state index in [4.69, 9.17) is 0 Å². The van der Waals surface area contributed by atoms with Crippen molar-refractivity contribution in [3.8, 4) is 0 Å². The van der Waals surface area contributed by atoms with Crippen LogP contribution in [0.25, 0.3) is 0 Å². The molecule has 2 aliphatic rings. The molecule has 116 valence electrons. The summed E-state index contributed by atoms with van der Waals surface area (Å²) in [5.74, 6) is 1.27. The summed E-state index contributed by atoms with van der Waals surface area (Å²) in [6, 6.07) is 0. The van der Waals surface area contributed by atoms with Crippen molar-refractivity contribution >= 4 is 5.91 Å². The molecule has 2 N–H and O–H groups in total. The van der Waals surface area contributed by atoms with E-state index in [0.29, 0.717) is 5.91 Å². The second kappa shape index (κ2) is 8.02. The topological polar surface area (TPSA) is 41.1 Å². The van der Waals surface area contributed by atoms with Crippen LogP contribution in [-0.4, -0.2) is 25.5 Å². The Morgan fingerprint density at radius 2 is 1.95 bits per heavy atom. The van der Waals surface area contributed by atoms with E-state index in [1.54, 1.807) is 0 Å². The molecule has 3 heteroatoms. The number of carbonyl (C=O) groups excluding carboxylic acids is 1. The molecule has 0 unspecified atom stereocenters. The molecule has 2 rings (SSSR count). The first-order valence-electron chi connectivity index (χ1n) is 8.76. The summed E-state index contributed by atoms with van der Waals surface area (Å²) in [5.41, 5.74) is -0.0760. The Labute approximate surface area is 124 Å². The highest BCUT2D eigenvalue weighted by Gasteiger charge is 2.38. The summed E-state index contributed by atoms with van der Waals surface area (Å²) in [7, 11) is 0. The molecule has 0 aromatic heterocycles. The van der Waals surface area contributed by atoms with Crippen molar-refractivity contribution in [1.29, 1.82) is 0 Å². The number of nitrogens with one attached hydrogen (secondary N) is 2. The van der Waals surface area contributed by atoms with Crippen molar-refractivity contribution < 1.29 is 4.79 Å². The zero-order valence-electron chi connectivity index (χ0n) is 13.2. The number of amides is 1. The highest BCUT2D eigenvalue weighted by atomic mass is 16.2. The Morgan fingerprint density at radius 3 is 2.60 bits per heavy atom. The highest BCUT2D eigenvalue weighted by molar-refractivity contribution is 5.82. The van der Waals surface area contributed by atoms with Crippen LogP contribution in [0.5, 0.6) is 0 Å². The van der Waals surface area contributed by atoms with Crippen LogP contribution >= 0.6 is 0 Å². The lowest BCUT2D eigenvalue weighted by Crippen LogP contribution is -2.47. The van der Waals surface area contributed by atoms with E-state index in [1.807, 2.05) is 0 Å². The molecule has 0 aromatic rings. The van der Waals surface area contributed by atoms with Crippen LogP contribution in [-0.2, 0) is 4.79 Å². The average Bonchev–Trinajstić information content (AvgIpc) is 2.98. The van der Waals surface area contributed by atoms with Gasteiger partial charge in [0.15, 0.2) is 0 Å². The number of hydrogen-bond acceptors (Lipinski definition) is 2. The van der Waals surface area contributed by atoms with E-state index in [-0.39, 0.29) is 5.41 Å². The van der Waals surface area contributed by atoms with Gasteiger partial charge in [0, 0.05) is 6.54 Å². The minimum absolute atomic E-state index is 0.0760. The Hall–Kier alpha value is -0.570. The molecule has 0 aromatic carbocycles. The van der Waals surface area contributed by atoms with Gasteiger partial charge in [0.2, 0.25) is 5.91 Å². The predicted octanol–water partition coefficient (Wildman–Crippen LogP) is 3.24. The van der Waals surface area contributed by atoms with Crippen molar-refractivity contribution in [3.05, 3.63) is 0 Å². The van der Waals surface area contributed by atoms with Gasteiger partial charge in [-0.2, -0.15) is 0 Å². The molecule has 1 saturated heterocycles. The van der Waals surface area contributed by atoms with Crippen molar-refractivity contribution in [3.63, 3.8) is 0 Å².